The minimum atomic E-state index is 0.133. The van der Waals surface area contributed by atoms with Crippen LogP contribution in [0.4, 0.5) is 0 Å². The van der Waals surface area contributed by atoms with E-state index in [1.54, 1.807) is 0 Å². The summed E-state index contributed by atoms with van der Waals surface area (Å²) >= 11 is 0. The molecule has 1 aliphatic rings. The van der Waals surface area contributed by atoms with Crippen LogP contribution in [-0.4, -0.2) is 38.3 Å². The molecule has 0 spiro atoms. The van der Waals surface area contributed by atoms with Crippen LogP contribution in [0.5, 0.6) is 0 Å². The zero-order chi connectivity index (χ0) is 10.9. The monoisotopic (exact) mass is 214 g/mol. The van der Waals surface area contributed by atoms with Crippen LogP contribution in [0.25, 0.3) is 0 Å². The SMILES string of the molecule is CCNCCC(=O)NCCC1CCCO1. The van der Waals surface area contributed by atoms with E-state index in [1.165, 1.54) is 6.42 Å². The summed E-state index contributed by atoms with van der Waals surface area (Å²) in [5.74, 6) is 0.133. The number of nitrogens with one attached hydrogen (secondary N) is 2. The van der Waals surface area contributed by atoms with Crippen LogP contribution < -0.4 is 10.6 Å². The Hall–Kier alpha value is -0.610. The quantitative estimate of drug-likeness (QED) is 0.612. The first-order chi connectivity index (χ1) is 7.33. The van der Waals surface area contributed by atoms with E-state index in [0.717, 1.165) is 39.1 Å². The van der Waals surface area contributed by atoms with Gasteiger partial charge in [-0.2, -0.15) is 0 Å². The van der Waals surface area contributed by atoms with E-state index < -0.39 is 0 Å². The fourth-order valence-electron chi connectivity index (χ4n) is 1.71. The molecule has 0 aromatic rings. The number of ether oxygens (including phenoxy) is 1. The van der Waals surface area contributed by atoms with Crippen molar-refractivity contribution in [1.82, 2.24) is 10.6 Å². The number of hydrogen-bond donors (Lipinski definition) is 2. The third-order valence-electron chi connectivity index (χ3n) is 2.59. The van der Waals surface area contributed by atoms with E-state index in [1.807, 2.05) is 6.92 Å². The smallest absolute Gasteiger partial charge is 0.221 e. The highest BCUT2D eigenvalue weighted by Crippen LogP contribution is 2.14. The average Bonchev–Trinajstić information content (AvgIpc) is 2.71. The van der Waals surface area contributed by atoms with Gasteiger partial charge in [-0.1, -0.05) is 6.92 Å². The van der Waals surface area contributed by atoms with E-state index in [9.17, 15) is 4.79 Å². The fraction of sp³-hybridized carbons (Fsp3) is 0.909. The summed E-state index contributed by atoms with van der Waals surface area (Å²) in [5, 5.41) is 6.03. The molecular weight excluding hydrogens is 192 g/mol. The zero-order valence-electron chi connectivity index (χ0n) is 9.55. The van der Waals surface area contributed by atoms with Crippen molar-refractivity contribution in [2.24, 2.45) is 0 Å². The zero-order valence-corrected chi connectivity index (χ0v) is 9.55. The molecule has 0 saturated carbocycles. The molecule has 1 atom stereocenters. The third kappa shape index (κ3) is 5.74. The van der Waals surface area contributed by atoms with Crippen molar-refractivity contribution in [2.75, 3.05) is 26.2 Å². The number of hydrogen-bond acceptors (Lipinski definition) is 3. The normalized spacial score (nSPS) is 20.5. The van der Waals surface area contributed by atoms with Crippen molar-refractivity contribution in [3.8, 4) is 0 Å². The van der Waals surface area contributed by atoms with Crippen molar-refractivity contribution in [3.05, 3.63) is 0 Å². The van der Waals surface area contributed by atoms with Gasteiger partial charge in [0.05, 0.1) is 6.10 Å². The van der Waals surface area contributed by atoms with Gasteiger partial charge in [-0.25, -0.2) is 0 Å². The van der Waals surface area contributed by atoms with E-state index in [0.29, 0.717) is 12.5 Å². The molecule has 2 N–H and O–H groups in total. The van der Waals surface area contributed by atoms with Gasteiger partial charge in [0, 0.05) is 26.1 Å². The molecule has 0 aromatic carbocycles. The summed E-state index contributed by atoms with van der Waals surface area (Å²) in [6.45, 7) is 5.36. The van der Waals surface area contributed by atoms with E-state index in [4.69, 9.17) is 4.74 Å². The lowest BCUT2D eigenvalue weighted by Crippen LogP contribution is -2.29. The molecular formula is C11H22N2O2. The lowest BCUT2D eigenvalue weighted by Gasteiger charge is -2.10. The number of carbonyl (C=O) groups excluding carboxylic acids is 1. The Kier molecular flexibility index (Phi) is 6.36. The van der Waals surface area contributed by atoms with Crippen LogP contribution in [-0.2, 0) is 9.53 Å². The molecule has 1 aliphatic heterocycles. The van der Waals surface area contributed by atoms with Crippen molar-refractivity contribution >= 4 is 5.91 Å². The number of carbonyl (C=O) groups is 1. The maximum Gasteiger partial charge on any atom is 0.221 e. The molecule has 15 heavy (non-hydrogen) atoms. The van der Waals surface area contributed by atoms with Gasteiger partial charge in [0.2, 0.25) is 5.91 Å². The van der Waals surface area contributed by atoms with Gasteiger partial charge in [-0.05, 0) is 25.8 Å². The maximum absolute atomic E-state index is 11.3. The Labute approximate surface area is 91.8 Å². The average molecular weight is 214 g/mol. The van der Waals surface area contributed by atoms with Crippen LogP contribution in [0.15, 0.2) is 0 Å². The van der Waals surface area contributed by atoms with Crippen molar-refractivity contribution in [3.63, 3.8) is 0 Å². The van der Waals surface area contributed by atoms with E-state index in [-0.39, 0.29) is 5.91 Å². The summed E-state index contributed by atoms with van der Waals surface area (Å²) in [5.41, 5.74) is 0. The predicted octanol–water partition coefficient (Wildman–Crippen LogP) is 0.671. The van der Waals surface area contributed by atoms with Crippen molar-refractivity contribution in [1.29, 1.82) is 0 Å². The van der Waals surface area contributed by atoms with Gasteiger partial charge in [-0.3, -0.25) is 4.79 Å². The van der Waals surface area contributed by atoms with Crippen LogP contribution in [0.1, 0.15) is 32.6 Å². The van der Waals surface area contributed by atoms with Crippen molar-refractivity contribution < 1.29 is 9.53 Å². The molecule has 1 amide bonds. The first kappa shape index (κ1) is 12.5. The van der Waals surface area contributed by atoms with Gasteiger partial charge in [0.25, 0.3) is 0 Å². The van der Waals surface area contributed by atoms with Gasteiger partial charge in [0.15, 0.2) is 0 Å². The molecule has 0 aromatic heterocycles. The molecule has 1 heterocycles. The Morgan fingerprint density at radius 3 is 3.00 bits per heavy atom. The summed E-state index contributed by atoms with van der Waals surface area (Å²) in [4.78, 5) is 11.3. The van der Waals surface area contributed by atoms with Gasteiger partial charge < -0.3 is 15.4 Å². The Morgan fingerprint density at radius 1 is 1.47 bits per heavy atom. The fourth-order valence-corrected chi connectivity index (χ4v) is 1.71. The minimum absolute atomic E-state index is 0.133. The summed E-state index contributed by atoms with van der Waals surface area (Å²) in [6.07, 6.45) is 4.21. The second kappa shape index (κ2) is 7.65. The number of rotatable bonds is 7. The lowest BCUT2D eigenvalue weighted by atomic mass is 10.2. The first-order valence-corrected chi connectivity index (χ1v) is 5.92. The summed E-state index contributed by atoms with van der Waals surface area (Å²) in [7, 11) is 0. The highest BCUT2D eigenvalue weighted by Gasteiger charge is 2.14. The highest BCUT2D eigenvalue weighted by atomic mass is 16.5. The van der Waals surface area contributed by atoms with Crippen LogP contribution in [0.2, 0.25) is 0 Å². The highest BCUT2D eigenvalue weighted by molar-refractivity contribution is 5.75. The van der Waals surface area contributed by atoms with Crippen LogP contribution in [0, 0.1) is 0 Å². The predicted molar refractivity (Wildman–Crippen MR) is 59.8 cm³/mol. The second-order valence-corrected chi connectivity index (χ2v) is 3.88. The molecule has 1 fully saturated rings. The minimum Gasteiger partial charge on any atom is -0.378 e. The van der Waals surface area contributed by atoms with Crippen LogP contribution >= 0.6 is 0 Å². The Balaban J connectivity index is 1.91. The Morgan fingerprint density at radius 2 is 2.33 bits per heavy atom. The van der Waals surface area contributed by atoms with Crippen LogP contribution in [0.3, 0.4) is 0 Å². The lowest BCUT2D eigenvalue weighted by molar-refractivity contribution is -0.121. The molecule has 1 saturated heterocycles. The molecule has 88 valence electrons. The first-order valence-electron chi connectivity index (χ1n) is 5.92. The molecule has 4 heteroatoms. The van der Waals surface area contributed by atoms with Gasteiger partial charge >= 0.3 is 0 Å². The molecule has 1 rings (SSSR count). The van der Waals surface area contributed by atoms with Crippen molar-refractivity contribution in [2.45, 2.75) is 38.7 Å². The van der Waals surface area contributed by atoms with Gasteiger partial charge in [-0.15, -0.1) is 0 Å². The third-order valence-corrected chi connectivity index (χ3v) is 2.59. The van der Waals surface area contributed by atoms with Gasteiger partial charge in [0.1, 0.15) is 0 Å². The molecule has 0 radical (unpaired) electrons. The largest absolute Gasteiger partial charge is 0.378 e. The number of amides is 1. The Bertz CT molecular complexity index is 179. The topological polar surface area (TPSA) is 50.4 Å². The standard InChI is InChI=1S/C11H22N2O2/c1-2-12-7-6-11(14)13-8-5-10-4-3-9-15-10/h10,12H,2-9H2,1H3,(H,13,14). The molecule has 4 nitrogen and oxygen atoms in total. The molecule has 1 unspecified atom stereocenters. The molecule has 0 aliphatic carbocycles. The maximum atomic E-state index is 11.3. The van der Waals surface area contributed by atoms with E-state index >= 15 is 0 Å². The second-order valence-electron chi connectivity index (χ2n) is 3.88. The summed E-state index contributed by atoms with van der Waals surface area (Å²) in [6, 6.07) is 0. The van der Waals surface area contributed by atoms with E-state index in [2.05, 4.69) is 10.6 Å². The molecule has 0 bridgehead atoms. The summed E-state index contributed by atoms with van der Waals surface area (Å²) < 4.78 is 5.47.